The number of ether oxygens (including phenoxy) is 1. The molecule has 0 aliphatic carbocycles. The molecular weight excluding hydrogens is 464 g/mol. The molecule has 3 aromatic rings. The minimum absolute atomic E-state index is 0.275. The van der Waals surface area contributed by atoms with Crippen LogP contribution in [0.1, 0.15) is 28.1 Å². The quantitative estimate of drug-likeness (QED) is 0.324. The first-order chi connectivity index (χ1) is 16.7. The average Bonchev–Trinajstić information content (AvgIpc) is 3.09. The van der Waals surface area contributed by atoms with Gasteiger partial charge in [0.2, 0.25) is 0 Å². The van der Waals surface area contributed by atoms with E-state index in [1.165, 1.54) is 11.0 Å². The molecule has 0 saturated heterocycles. The fourth-order valence-corrected chi connectivity index (χ4v) is 3.79. The lowest BCUT2D eigenvalue weighted by Gasteiger charge is -2.18. The predicted molar refractivity (Wildman–Crippen MR) is 139 cm³/mol. The Morgan fingerprint density at radius 2 is 1.74 bits per heavy atom. The minimum Gasteiger partial charge on any atom is -0.452 e. The number of likely N-dealkylation sites (N-methyl/N-ethyl adjacent to an activating group) is 1. The van der Waals surface area contributed by atoms with Crippen molar-refractivity contribution in [3.8, 4) is 0 Å². The number of hydrogen-bond acceptors (Lipinski definition) is 5. The van der Waals surface area contributed by atoms with Crippen molar-refractivity contribution in [2.24, 2.45) is 0 Å². The lowest BCUT2D eigenvalue weighted by atomic mass is 10.1. The zero-order valence-corrected chi connectivity index (χ0v) is 21.5. The molecule has 0 spiro atoms. The molecule has 3 rings (SSSR count). The number of anilines is 1. The van der Waals surface area contributed by atoms with Crippen LogP contribution in [0.25, 0.3) is 6.08 Å². The number of rotatable bonds is 9. The number of halogens is 1. The molecule has 0 saturated carbocycles. The fourth-order valence-electron chi connectivity index (χ4n) is 3.60. The molecule has 8 heteroatoms. The number of aryl methyl sites for hydroxylation is 1. The van der Waals surface area contributed by atoms with E-state index in [2.05, 4.69) is 5.10 Å². The molecule has 2 aromatic carbocycles. The highest BCUT2D eigenvalue weighted by Gasteiger charge is 2.14. The number of esters is 1. The van der Waals surface area contributed by atoms with Crippen molar-refractivity contribution in [1.82, 2.24) is 14.7 Å². The standard InChI is InChI=1S/C27H31ClN4O3/c1-19-24(20(2)32(29-19)17-22-8-6-7-9-25(22)28)14-15-27(34)35-18-26(33)31(5)16-21-10-12-23(13-11-21)30(3)4/h6-15H,16-18H2,1-5H3/b15-14+. The number of benzene rings is 2. The van der Waals surface area contributed by atoms with Crippen molar-refractivity contribution in [1.29, 1.82) is 0 Å². The number of aromatic nitrogens is 2. The molecule has 0 atom stereocenters. The Kier molecular flexibility index (Phi) is 8.71. The van der Waals surface area contributed by atoms with Crippen molar-refractivity contribution < 1.29 is 14.3 Å². The van der Waals surface area contributed by atoms with E-state index in [9.17, 15) is 9.59 Å². The lowest BCUT2D eigenvalue weighted by Crippen LogP contribution is -2.30. The Labute approximate surface area is 211 Å². The number of amides is 1. The molecule has 0 fully saturated rings. The van der Waals surface area contributed by atoms with Gasteiger partial charge in [-0.15, -0.1) is 0 Å². The average molecular weight is 495 g/mol. The van der Waals surface area contributed by atoms with Crippen molar-refractivity contribution in [2.75, 3.05) is 32.6 Å². The van der Waals surface area contributed by atoms with Gasteiger partial charge < -0.3 is 14.5 Å². The Hall–Kier alpha value is -3.58. The molecule has 35 heavy (non-hydrogen) atoms. The van der Waals surface area contributed by atoms with Crippen LogP contribution in [0.3, 0.4) is 0 Å². The smallest absolute Gasteiger partial charge is 0.331 e. The van der Waals surface area contributed by atoms with Crippen LogP contribution in [0.4, 0.5) is 5.69 Å². The maximum absolute atomic E-state index is 12.4. The Bertz CT molecular complexity index is 1220. The largest absolute Gasteiger partial charge is 0.452 e. The highest BCUT2D eigenvalue weighted by molar-refractivity contribution is 6.31. The first-order valence-electron chi connectivity index (χ1n) is 11.3. The topological polar surface area (TPSA) is 67.7 Å². The summed E-state index contributed by atoms with van der Waals surface area (Å²) < 4.78 is 7.02. The molecule has 0 aliphatic heterocycles. The summed E-state index contributed by atoms with van der Waals surface area (Å²) in [6.07, 6.45) is 2.99. The summed E-state index contributed by atoms with van der Waals surface area (Å²) in [5.41, 5.74) is 5.57. The van der Waals surface area contributed by atoms with Gasteiger partial charge in [0.05, 0.1) is 12.2 Å². The summed E-state index contributed by atoms with van der Waals surface area (Å²) in [4.78, 5) is 28.2. The third-order valence-corrected chi connectivity index (χ3v) is 6.11. The summed E-state index contributed by atoms with van der Waals surface area (Å²) in [6.45, 7) is 4.46. The van der Waals surface area contributed by atoms with Crippen LogP contribution in [0.5, 0.6) is 0 Å². The SMILES string of the molecule is Cc1nn(Cc2ccccc2Cl)c(C)c1/C=C/C(=O)OCC(=O)N(C)Cc1ccc(N(C)C)cc1. The van der Waals surface area contributed by atoms with Gasteiger partial charge in [0.25, 0.3) is 5.91 Å². The van der Waals surface area contributed by atoms with Crippen LogP contribution in [-0.2, 0) is 27.4 Å². The van der Waals surface area contributed by atoms with Gasteiger partial charge in [-0.25, -0.2) is 4.79 Å². The summed E-state index contributed by atoms with van der Waals surface area (Å²) in [6, 6.07) is 15.6. The van der Waals surface area contributed by atoms with Gasteiger partial charge in [0.15, 0.2) is 6.61 Å². The molecule has 0 bridgehead atoms. The molecule has 0 aliphatic rings. The highest BCUT2D eigenvalue weighted by atomic mass is 35.5. The van der Waals surface area contributed by atoms with Gasteiger partial charge in [0.1, 0.15) is 0 Å². The molecule has 1 amide bonds. The Balaban J connectivity index is 1.54. The van der Waals surface area contributed by atoms with Gasteiger partial charge in [-0.3, -0.25) is 9.48 Å². The van der Waals surface area contributed by atoms with Gasteiger partial charge in [-0.05, 0) is 49.2 Å². The maximum atomic E-state index is 12.4. The summed E-state index contributed by atoms with van der Waals surface area (Å²) in [5, 5.41) is 5.25. The minimum atomic E-state index is -0.584. The third-order valence-electron chi connectivity index (χ3n) is 5.74. The van der Waals surface area contributed by atoms with Crippen molar-refractivity contribution in [3.63, 3.8) is 0 Å². The molecule has 0 N–H and O–H groups in total. The number of carbonyl (C=O) groups is 2. The van der Waals surface area contributed by atoms with Crippen LogP contribution in [-0.4, -0.2) is 54.3 Å². The second kappa shape index (κ2) is 11.7. The summed E-state index contributed by atoms with van der Waals surface area (Å²) in [5.74, 6) is -0.858. The first-order valence-corrected chi connectivity index (χ1v) is 11.7. The molecule has 1 heterocycles. The molecule has 184 valence electrons. The van der Waals surface area contributed by atoms with Crippen LogP contribution in [0.15, 0.2) is 54.6 Å². The van der Waals surface area contributed by atoms with E-state index in [1.54, 1.807) is 13.1 Å². The van der Waals surface area contributed by atoms with E-state index < -0.39 is 5.97 Å². The van der Waals surface area contributed by atoms with E-state index in [1.807, 2.05) is 86.1 Å². The first kappa shape index (κ1) is 26.0. The Morgan fingerprint density at radius 3 is 2.40 bits per heavy atom. The number of hydrogen-bond donors (Lipinski definition) is 0. The van der Waals surface area contributed by atoms with Crippen molar-refractivity contribution in [2.45, 2.75) is 26.9 Å². The molecule has 0 unspecified atom stereocenters. The predicted octanol–water partition coefficient (Wildman–Crippen LogP) is 4.48. The molecule has 1 aromatic heterocycles. The summed E-state index contributed by atoms with van der Waals surface area (Å²) in [7, 11) is 5.64. The zero-order valence-electron chi connectivity index (χ0n) is 20.8. The van der Waals surface area contributed by atoms with Gasteiger partial charge in [-0.1, -0.05) is 41.9 Å². The van der Waals surface area contributed by atoms with E-state index in [-0.39, 0.29) is 12.5 Å². The van der Waals surface area contributed by atoms with E-state index in [4.69, 9.17) is 16.3 Å². The number of nitrogens with zero attached hydrogens (tertiary/aromatic N) is 4. The van der Waals surface area contributed by atoms with E-state index >= 15 is 0 Å². The maximum Gasteiger partial charge on any atom is 0.331 e. The van der Waals surface area contributed by atoms with Crippen LogP contribution in [0.2, 0.25) is 5.02 Å². The van der Waals surface area contributed by atoms with Crippen LogP contribution < -0.4 is 4.90 Å². The summed E-state index contributed by atoms with van der Waals surface area (Å²) >= 11 is 6.27. The van der Waals surface area contributed by atoms with Crippen LogP contribution in [0, 0.1) is 13.8 Å². The number of carbonyl (C=O) groups excluding carboxylic acids is 2. The van der Waals surface area contributed by atoms with Crippen molar-refractivity contribution >= 4 is 35.2 Å². The Morgan fingerprint density at radius 1 is 1.06 bits per heavy atom. The van der Waals surface area contributed by atoms with E-state index in [0.717, 1.165) is 33.8 Å². The normalized spacial score (nSPS) is 11.0. The van der Waals surface area contributed by atoms with Crippen LogP contribution >= 0.6 is 11.6 Å². The third kappa shape index (κ3) is 6.96. The highest BCUT2D eigenvalue weighted by Crippen LogP contribution is 2.20. The fraction of sp³-hybridized carbons (Fsp3) is 0.296. The van der Waals surface area contributed by atoms with Gasteiger partial charge in [0, 0.05) is 55.7 Å². The second-order valence-corrected chi connectivity index (χ2v) is 8.99. The lowest BCUT2D eigenvalue weighted by molar-refractivity contribution is -0.147. The molecule has 0 radical (unpaired) electrons. The van der Waals surface area contributed by atoms with Gasteiger partial charge >= 0.3 is 5.97 Å². The molecule has 7 nitrogen and oxygen atoms in total. The molecular formula is C27H31ClN4O3. The second-order valence-electron chi connectivity index (χ2n) is 8.59. The van der Waals surface area contributed by atoms with Crippen molar-refractivity contribution in [3.05, 3.63) is 87.7 Å². The monoisotopic (exact) mass is 494 g/mol. The zero-order chi connectivity index (χ0) is 25.5. The van der Waals surface area contributed by atoms with E-state index in [0.29, 0.717) is 18.1 Å². The van der Waals surface area contributed by atoms with Gasteiger partial charge in [-0.2, -0.15) is 5.10 Å².